The monoisotopic (exact) mass is 300 g/mol. The van der Waals surface area contributed by atoms with Gasteiger partial charge in [-0.15, -0.1) is 0 Å². The highest BCUT2D eigenvalue weighted by atomic mass is 127. The molecule has 2 heteroatoms. The maximum absolute atomic E-state index is 9.80. The van der Waals surface area contributed by atoms with E-state index in [1.165, 1.54) is 40.4 Å². The fraction of sp³-hybridized carbons (Fsp3) is 0.500. The molecule has 0 amide bonds. The first kappa shape index (κ1) is 9.01. The van der Waals surface area contributed by atoms with Crippen LogP contribution in [0.25, 0.3) is 0 Å². The molecule has 0 bridgehead atoms. The van der Waals surface area contributed by atoms with E-state index in [0.717, 1.165) is 6.42 Å². The molecule has 14 heavy (non-hydrogen) atoms. The summed E-state index contributed by atoms with van der Waals surface area (Å²) in [5.41, 5.74) is 3.20. The summed E-state index contributed by atoms with van der Waals surface area (Å²) in [6, 6.07) is 3.88. The first-order chi connectivity index (χ1) is 6.70. The molecule has 2 aliphatic rings. The zero-order valence-corrected chi connectivity index (χ0v) is 10.2. The number of hydrogen-bond acceptors (Lipinski definition) is 1. The van der Waals surface area contributed by atoms with Crippen molar-refractivity contribution in [2.24, 2.45) is 5.41 Å². The van der Waals surface area contributed by atoms with E-state index in [0.29, 0.717) is 11.2 Å². The predicted molar refractivity (Wildman–Crippen MR) is 64.5 cm³/mol. The lowest BCUT2D eigenvalue weighted by molar-refractivity contribution is 0.148. The van der Waals surface area contributed by atoms with E-state index in [1.807, 2.05) is 12.1 Å². The van der Waals surface area contributed by atoms with E-state index >= 15 is 0 Å². The normalized spacial score (nSPS) is 22.1. The molecule has 0 saturated heterocycles. The van der Waals surface area contributed by atoms with Crippen molar-refractivity contribution in [3.05, 3.63) is 26.8 Å². The molecule has 0 radical (unpaired) electrons. The summed E-state index contributed by atoms with van der Waals surface area (Å²) >= 11 is 2.39. The fourth-order valence-corrected chi connectivity index (χ4v) is 3.58. The lowest BCUT2D eigenvalue weighted by Crippen LogP contribution is -2.29. The molecule has 74 valence electrons. The van der Waals surface area contributed by atoms with E-state index in [2.05, 4.69) is 22.6 Å². The third-order valence-corrected chi connectivity index (χ3v) is 4.88. The molecule has 0 aromatic heterocycles. The number of halogens is 1. The first-order valence-electron chi connectivity index (χ1n) is 5.19. The van der Waals surface area contributed by atoms with Crippen LogP contribution in [0.5, 0.6) is 5.75 Å². The Morgan fingerprint density at radius 3 is 2.43 bits per heavy atom. The second-order valence-corrected chi connectivity index (χ2v) is 5.89. The molecular formula is C12H13IO. The lowest BCUT2D eigenvalue weighted by Gasteiger charge is -2.38. The van der Waals surface area contributed by atoms with Gasteiger partial charge in [0.2, 0.25) is 0 Å². The topological polar surface area (TPSA) is 20.2 Å². The number of hydrogen-bond donors (Lipinski definition) is 1. The minimum Gasteiger partial charge on any atom is -0.508 e. The van der Waals surface area contributed by atoms with E-state index in [9.17, 15) is 5.11 Å². The van der Waals surface area contributed by atoms with Crippen molar-refractivity contribution in [3.8, 4) is 5.75 Å². The van der Waals surface area contributed by atoms with Crippen LogP contribution in [0.3, 0.4) is 0 Å². The van der Waals surface area contributed by atoms with Gasteiger partial charge in [-0.25, -0.2) is 0 Å². The molecule has 1 spiro atoms. The molecule has 1 N–H and O–H groups in total. The number of benzene rings is 1. The van der Waals surface area contributed by atoms with Crippen molar-refractivity contribution in [1.29, 1.82) is 0 Å². The summed E-state index contributed by atoms with van der Waals surface area (Å²) in [5, 5.41) is 9.80. The van der Waals surface area contributed by atoms with Crippen LogP contribution in [-0.2, 0) is 12.8 Å². The highest BCUT2D eigenvalue weighted by Crippen LogP contribution is 2.53. The van der Waals surface area contributed by atoms with Gasteiger partial charge in [-0.2, -0.15) is 0 Å². The first-order valence-corrected chi connectivity index (χ1v) is 6.27. The fourth-order valence-electron chi connectivity index (χ4n) is 2.88. The standard InChI is InChI=1S/C12H13IO/c13-10-2-3-11(14)9-7-12(4-1-5-12)6-8(9)10/h2-3,14H,1,4-7H2. The van der Waals surface area contributed by atoms with E-state index < -0.39 is 0 Å². The third kappa shape index (κ3) is 1.12. The van der Waals surface area contributed by atoms with Crippen LogP contribution in [0.1, 0.15) is 30.4 Å². The Morgan fingerprint density at radius 2 is 1.86 bits per heavy atom. The van der Waals surface area contributed by atoms with Crippen molar-refractivity contribution in [2.75, 3.05) is 0 Å². The molecule has 1 saturated carbocycles. The molecule has 0 heterocycles. The number of fused-ring (bicyclic) bond motifs is 1. The van der Waals surface area contributed by atoms with Gasteiger partial charge < -0.3 is 5.11 Å². The molecule has 0 atom stereocenters. The molecule has 2 aliphatic carbocycles. The van der Waals surface area contributed by atoms with Gasteiger partial charge in [-0.1, -0.05) is 6.42 Å². The molecule has 1 fully saturated rings. The quantitative estimate of drug-likeness (QED) is 0.729. The van der Waals surface area contributed by atoms with Crippen molar-refractivity contribution in [2.45, 2.75) is 32.1 Å². The maximum atomic E-state index is 9.80. The minimum absolute atomic E-state index is 0.518. The van der Waals surface area contributed by atoms with Gasteiger partial charge in [0.1, 0.15) is 5.75 Å². The van der Waals surface area contributed by atoms with Crippen molar-refractivity contribution >= 4 is 22.6 Å². The molecular weight excluding hydrogens is 287 g/mol. The third-order valence-electron chi connectivity index (χ3n) is 3.87. The molecule has 0 aliphatic heterocycles. The molecule has 1 aromatic carbocycles. The Bertz CT molecular complexity index is 361. The van der Waals surface area contributed by atoms with Gasteiger partial charge in [0.25, 0.3) is 0 Å². The summed E-state index contributed by atoms with van der Waals surface area (Å²) in [7, 11) is 0. The van der Waals surface area contributed by atoms with Crippen LogP contribution < -0.4 is 0 Å². The summed E-state index contributed by atoms with van der Waals surface area (Å²) < 4.78 is 1.33. The summed E-state index contributed by atoms with van der Waals surface area (Å²) in [5.74, 6) is 0.518. The highest BCUT2D eigenvalue weighted by Gasteiger charge is 2.43. The Kier molecular flexibility index (Phi) is 1.85. The SMILES string of the molecule is Oc1ccc(I)c2c1CC1(CCC1)C2. The zero-order valence-electron chi connectivity index (χ0n) is 8.02. The molecule has 3 rings (SSSR count). The Labute approximate surface area is 97.7 Å². The van der Waals surface area contributed by atoms with Crippen molar-refractivity contribution in [1.82, 2.24) is 0 Å². The maximum Gasteiger partial charge on any atom is 0.119 e. The number of phenolic OH excluding ortho intramolecular Hbond substituents is 1. The number of phenols is 1. The van der Waals surface area contributed by atoms with Gasteiger partial charge in [-0.3, -0.25) is 0 Å². The Hall–Kier alpha value is -0.250. The van der Waals surface area contributed by atoms with Crippen molar-refractivity contribution in [3.63, 3.8) is 0 Å². The molecule has 0 unspecified atom stereocenters. The van der Waals surface area contributed by atoms with Crippen LogP contribution in [0.4, 0.5) is 0 Å². The van der Waals surface area contributed by atoms with Gasteiger partial charge >= 0.3 is 0 Å². The van der Waals surface area contributed by atoms with Crippen LogP contribution >= 0.6 is 22.6 Å². The average molecular weight is 300 g/mol. The largest absolute Gasteiger partial charge is 0.508 e. The summed E-state index contributed by atoms with van der Waals surface area (Å²) in [6.45, 7) is 0. The molecule has 1 nitrogen and oxygen atoms in total. The second kappa shape index (κ2) is 2.87. The van der Waals surface area contributed by atoms with Gasteiger partial charge in [-0.05, 0) is 76.9 Å². The second-order valence-electron chi connectivity index (χ2n) is 4.73. The number of aromatic hydroxyl groups is 1. The molecule has 1 aromatic rings. The average Bonchev–Trinajstić information content (AvgIpc) is 2.52. The predicted octanol–water partition coefficient (Wildman–Crippen LogP) is 3.27. The van der Waals surface area contributed by atoms with E-state index in [1.54, 1.807) is 0 Å². The van der Waals surface area contributed by atoms with Gasteiger partial charge in [0.05, 0.1) is 0 Å². The van der Waals surface area contributed by atoms with Crippen LogP contribution in [-0.4, -0.2) is 5.11 Å². The number of rotatable bonds is 0. The zero-order chi connectivity index (χ0) is 9.76. The Morgan fingerprint density at radius 1 is 1.14 bits per heavy atom. The van der Waals surface area contributed by atoms with Crippen LogP contribution in [0, 0.1) is 8.99 Å². The van der Waals surface area contributed by atoms with E-state index in [-0.39, 0.29) is 0 Å². The van der Waals surface area contributed by atoms with Gasteiger partial charge in [0.15, 0.2) is 0 Å². The van der Waals surface area contributed by atoms with Crippen LogP contribution in [0.2, 0.25) is 0 Å². The lowest BCUT2D eigenvalue weighted by atomic mass is 9.67. The smallest absolute Gasteiger partial charge is 0.119 e. The minimum atomic E-state index is 0.518. The van der Waals surface area contributed by atoms with Gasteiger partial charge in [0, 0.05) is 3.57 Å². The Balaban J connectivity index is 2.08. The van der Waals surface area contributed by atoms with E-state index in [4.69, 9.17) is 0 Å². The van der Waals surface area contributed by atoms with Crippen molar-refractivity contribution < 1.29 is 5.11 Å². The summed E-state index contributed by atoms with van der Waals surface area (Å²) in [4.78, 5) is 0. The summed E-state index contributed by atoms with van der Waals surface area (Å²) in [6.07, 6.45) is 6.42. The van der Waals surface area contributed by atoms with Crippen LogP contribution in [0.15, 0.2) is 12.1 Å². The highest BCUT2D eigenvalue weighted by molar-refractivity contribution is 14.1.